The molecule has 7 nitrogen and oxygen atoms in total. The lowest BCUT2D eigenvalue weighted by Crippen LogP contribution is -2.36. The Hall–Kier alpha value is -2.67. The molecule has 0 radical (unpaired) electrons. The minimum absolute atomic E-state index is 0.0192. The number of amides is 1. The van der Waals surface area contributed by atoms with Gasteiger partial charge in [0, 0.05) is 17.3 Å². The number of hydrogen-bond acceptors (Lipinski definition) is 5. The van der Waals surface area contributed by atoms with E-state index in [4.69, 9.17) is 16.1 Å². The highest BCUT2D eigenvalue weighted by molar-refractivity contribution is 6.30. The van der Waals surface area contributed by atoms with Crippen molar-refractivity contribution in [3.8, 4) is 17.1 Å². The van der Waals surface area contributed by atoms with Crippen molar-refractivity contribution in [3.05, 3.63) is 47.1 Å². The Morgan fingerprint density at radius 1 is 1.22 bits per heavy atom. The maximum atomic E-state index is 12.4. The Kier molecular flexibility index (Phi) is 4.94. The van der Waals surface area contributed by atoms with Crippen LogP contribution < -0.4 is 5.32 Å². The highest BCUT2D eigenvalue weighted by Gasteiger charge is 2.22. The van der Waals surface area contributed by atoms with E-state index in [1.54, 1.807) is 16.8 Å². The maximum absolute atomic E-state index is 12.4. The second-order valence-electron chi connectivity index (χ2n) is 6.78. The van der Waals surface area contributed by atoms with E-state index in [0.717, 1.165) is 37.1 Å². The third-order valence-corrected chi connectivity index (χ3v) is 5.04. The highest BCUT2D eigenvalue weighted by atomic mass is 35.5. The van der Waals surface area contributed by atoms with Crippen LogP contribution in [0.15, 0.2) is 35.0 Å². The minimum atomic E-state index is -0.316. The first-order valence-electron chi connectivity index (χ1n) is 9.07. The van der Waals surface area contributed by atoms with Gasteiger partial charge < -0.3 is 9.84 Å². The van der Waals surface area contributed by atoms with Crippen molar-refractivity contribution >= 4 is 17.5 Å². The summed E-state index contributed by atoms with van der Waals surface area (Å²) in [6, 6.07) is 7.54. The second-order valence-corrected chi connectivity index (χ2v) is 7.22. The quantitative estimate of drug-likeness (QED) is 0.734. The molecule has 27 heavy (non-hydrogen) atoms. The fraction of sp³-hybridized carbons (Fsp3) is 0.368. The maximum Gasteiger partial charge on any atom is 0.316 e. The van der Waals surface area contributed by atoms with Crippen LogP contribution in [0.25, 0.3) is 17.1 Å². The Morgan fingerprint density at radius 3 is 2.70 bits per heavy atom. The number of benzene rings is 1. The van der Waals surface area contributed by atoms with Gasteiger partial charge in [0.05, 0.1) is 16.9 Å². The number of nitrogens with one attached hydrogen (secondary N) is 1. The zero-order chi connectivity index (χ0) is 18.8. The van der Waals surface area contributed by atoms with Crippen molar-refractivity contribution in [2.24, 2.45) is 0 Å². The van der Waals surface area contributed by atoms with Gasteiger partial charge in [-0.15, -0.1) is 0 Å². The van der Waals surface area contributed by atoms with Crippen LogP contribution in [-0.2, 0) is 0 Å². The lowest BCUT2D eigenvalue weighted by molar-refractivity contribution is 0.0883. The second kappa shape index (κ2) is 7.52. The standard InChI is InChI=1S/C19H20ClN5O2/c1-12-16(11-25(23-12)15-9-7-13(20)8-10-15)17-22-19(27-24-17)18(26)21-14-5-3-2-4-6-14/h7-11,14H,2-6H2,1H3,(H,21,26). The number of nitrogens with zero attached hydrogens (tertiary/aromatic N) is 4. The van der Waals surface area contributed by atoms with Gasteiger partial charge >= 0.3 is 11.8 Å². The molecule has 1 aliphatic carbocycles. The Bertz CT molecular complexity index is 941. The van der Waals surface area contributed by atoms with E-state index in [1.807, 2.05) is 25.3 Å². The average molecular weight is 386 g/mol. The molecule has 0 aliphatic heterocycles. The van der Waals surface area contributed by atoms with Crippen molar-refractivity contribution in [2.45, 2.75) is 45.1 Å². The molecule has 1 aliphatic rings. The third-order valence-electron chi connectivity index (χ3n) is 4.79. The molecule has 1 amide bonds. The van der Waals surface area contributed by atoms with E-state index in [0.29, 0.717) is 16.4 Å². The molecule has 1 aromatic carbocycles. The van der Waals surface area contributed by atoms with Gasteiger partial charge in [-0.05, 0) is 44.0 Å². The molecule has 1 saturated carbocycles. The third kappa shape index (κ3) is 3.88. The van der Waals surface area contributed by atoms with Gasteiger partial charge in [-0.2, -0.15) is 10.1 Å². The van der Waals surface area contributed by atoms with Crippen LogP contribution in [0, 0.1) is 6.92 Å². The van der Waals surface area contributed by atoms with E-state index < -0.39 is 0 Å². The van der Waals surface area contributed by atoms with Gasteiger partial charge in [0.1, 0.15) is 0 Å². The molecule has 1 N–H and O–H groups in total. The molecule has 3 aromatic rings. The normalized spacial score (nSPS) is 15.0. The number of carbonyl (C=O) groups is 1. The minimum Gasteiger partial charge on any atom is -0.345 e. The van der Waals surface area contributed by atoms with Crippen LogP contribution in [0.1, 0.15) is 48.5 Å². The van der Waals surface area contributed by atoms with E-state index in [-0.39, 0.29) is 17.8 Å². The average Bonchev–Trinajstić information content (AvgIpc) is 3.30. The van der Waals surface area contributed by atoms with Crippen LogP contribution in [0.2, 0.25) is 5.02 Å². The van der Waals surface area contributed by atoms with E-state index in [2.05, 4.69) is 20.6 Å². The first-order valence-corrected chi connectivity index (χ1v) is 9.45. The molecule has 0 spiro atoms. The largest absolute Gasteiger partial charge is 0.345 e. The lowest BCUT2D eigenvalue weighted by Gasteiger charge is -2.21. The summed E-state index contributed by atoms with van der Waals surface area (Å²) in [6.45, 7) is 1.86. The summed E-state index contributed by atoms with van der Waals surface area (Å²) in [7, 11) is 0. The predicted octanol–water partition coefficient (Wildman–Crippen LogP) is 3.95. The number of carbonyl (C=O) groups excluding carboxylic acids is 1. The van der Waals surface area contributed by atoms with E-state index in [1.165, 1.54) is 6.42 Å². The molecule has 0 atom stereocenters. The van der Waals surface area contributed by atoms with Crippen molar-refractivity contribution in [3.63, 3.8) is 0 Å². The zero-order valence-corrected chi connectivity index (χ0v) is 15.7. The van der Waals surface area contributed by atoms with Gasteiger partial charge in [0.25, 0.3) is 0 Å². The molecule has 0 saturated heterocycles. The Morgan fingerprint density at radius 2 is 1.96 bits per heavy atom. The molecule has 2 aromatic heterocycles. The summed E-state index contributed by atoms with van der Waals surface area (Å²) in [5.74, 6) is 0.0131. The van der Waals surface area contributed by atoms with Crippen LogP contribution in [0.4, 0.5) is 0 Å². The molecule has 0 unspecified atom stereocenters. The fourth-order valence-electron chi connectivity index (χ4n) is 3.32. The summed E-state index contributed by atoms with van der Waals surface area (Å²) >= 11 is 5.93. The first kappa shape index (κ1) is 17.7. The summed E-state index contributed by atoms with van der Waals surface area (Å²) in [5, 5.41) is 12.1. The lowest BCUT2D eigenvalue weighted by atomic mass is 9.95. The summed E-state index contributed by atoms with van der Waals surface area (Å²) in [4.78, 5) is 16.6. The van der Waals surface area contributed by atoms with Crippen molar-refractivity contribution in [1.82, 2.24) is 25.2 Å². The summed E-state index contributed by atoms with van der Waals surface area (Å²) in [6.07, 6.45) is 7.33. The monoisotopic (exact) mass is 385 g/mol. The molecule has 1 fully saturated rings. The summed E-state index contributed by atoms with van der Waals surface area (Å²) < 4.78 is 6.90. The molecule has 4 rings (SSSR count). The Labute approximate surface area is 161 Å². The zero-order valence-electron chi connectivity index (χ0n) is 15.0. The van der Waals surface area contributed by atoms with E-state index in [9.17, 15) is 4.79 Å². The molecular weight excluding hydrogens is 366 g/mol. The topological polar surface area (TPSA) is 85.8 Å². The van der Waals surface area contributed by atoms with Crippen molar-refractivity contribution in [1.29, 1.82) is 0 Å². The molecular formula is C19H20ClN5O2. The van der Waals surface area contributed by atoms with Gasteiger partial charge in [-0.1, -0.05) is 36.0 Å². The first-order chi connectivity index (χ1) is 13.1. The van der Waals surface area contributed by atoms with Gasteiger partial charge in [-0.3, -0.25) is 4.79 Å². The molecule has 8 heteroatoms. The predicted molar refractivity (Wildman–Crippen MR) is 101 cm³/mol. The van der Waals surface area contributed by atoms with Gasteiger partial charge in [0.15, 0.2) is 0 Å². The van der Waals surface area contributed by atoms with E-state index >= 15 is 0 Å². The van der Waals surface area contributed by atoms with Gasteiger partial charge in [0.2, 0.25) is 5.82 Å². The SMILES string of the molecule is Cc1nn(-c2ccc(Cl)cc2)cc1-c1noc(C(=O)NC2CCCCC2)n1. The van der Waals surface area contributed by atoms with Crippen LogP contribution in [-0.4, -0.2) is 31.9 Å². The molecule has 2 heterocycles. The number of aromatic nitrogens is 4. The number of aryl methyl sites for hydroxylation is 1. The van der Waals surface area contributed by atoms with Crippen LogP contribution in [0.3, 0.4) is 0 Å². The smallest absolute Gasteiger partial charge is 0.316 e. The van der Waals surface area contributed by atoms with Crippen LogP contribution >= 0.6 is 11.6 Å². The molecule has 140 valence electrons. The van der Waals surface area contributed by atoms with Gasteiger partial charge in [-0.25, -0.2) is 4.68 Å². The molecule has 0 bridgehead atoms. The van der Waals surface area contributed by atoms with Crippen molar-refractivity contribution in [2.75, 3.05) is 0 Å². The number of halogens is 1. The summed E-state index contributed by atoms with van der Waals surface area (Å²) in [5.41, 5.74) is 2.32. The van der Waals surface area contributed by atoms with Crippen molar-refractivity contribution < 1.29 is 9.32 Å². The Balaban J connectivity index is 1.52. The highest BCUT2D eigenvalue weighted by Crippen LogP contribution is 2.23. The number of hydrogen-bond donors (Lipinski definition) is 1. The number of rotatable bonds is 4. The fourth-order valence-corrected chi connectivity index (χ4v) is 3.45. The van der Waals surface area contributed by atoms with Crippen LogP contribution in [0.5, 0.6) is 0 Å².